The number of ether oxygens (including phenoxy) is 1. The number of nitrogens with one attached hydrogen (secondary N) is 2. The molecular formula is C19H34IN5O3. The number of hydrogen-bond acceptors (Lipinski definition) is 5. The Morgan fingerprint density at radius 1 is 1.43 bits per heavy atom. The van der Waals surface area contributed by atoms with Crippen LogP contribution in [-0.2, 0) is 4.74 Å². The molecule has 1 amide bonds. The second-order valence-electron chi connectivity index (χ2n) is 7.94. The Bertz CT molecular complexity index is 622. The van der Waals surface area contributed by atoms with E-state index in [1.165, 1.54) is 0 Å². The number of likely N-dealkylation sites (tertiary alicyclic amines) is 1. The van der Waals surface area contributed by atoms with Gasteiger partial charge in [0.1, 0.15) is 11.4 Å². The van der Waals surface area contributed by atoms with Crippen LogP contribution >= 0.6 is 24.0 Å². The number of hydrogen-bond donors (Lipinski definition) is 2. The van der Waals surface area contributed by atoms with Crippen LogP contribution in [0, 0.1) is 0 Å². The number of furan rings is 1. The molecule has 0 spiro atoms. The Morgan fingerprint density at radius 3 is 2.61 bits per heavy atom. The molecule has 9 heteroatoms. The summed E-state index contributed by atoms with van der Waals surface area (Å²) in [5, 5.41) is 6.64. The minimum atomic E-state index is -0.473. The summed E-state index contributed by atoms with van der Waals surface area (Å²) in [6.45, 7) is 10.2. The summed E-state index contributed by atoms with van der Waals surface area (Å²) < 4.78 is 10.9. The van der Waals surface area contributed by atoms with Gasteiger partial charge in [0.25, 0.3) is 0 Å². The van der Waals surface area contributed by atoms with E-state index in [0.29, 0.717) is 19.6 Å². The summed E-state index contributed by atoms with van der Waals surface area (Å²) in [7, 11) is 4.02. The van der Waals surface area contributed by atoms with E-state index in [-0.39, 0.29) is 42.2 Å². The lowest BCUT2D eigenvalue weighted by molar-refractivity contribution is 0.00700. The summed E-state index contributed by atoms with van der Waals surface area (Å²) in [6, 6.07) is 4.08. The second kappa shape index (κ2) is 10.9. The van der Waals surface area contributed by atoms with E-state index < -0.39 is 5.60 Å². The third-order valence-electron chi connectivity index (χ3n) is 4.14. The van der Waals surface area contributed by atoms with Crippen molar-refractivity contribution < 1.29 is 13.9 Å². The highest BCUT2D eigenvalue weighted by atomic mass is 127. The highest BCUT2D eigenvalue weighted by Crippen LogP contribution is 2.19. The number of aliphatic imine (C=N–C) groups is 1. The predicted molar refractivity (Wildman–Crippen MR) is 121 cm³/mol. The van der Waals surface area contributed by atoms with Crippen molar-refractivity contribution in [2.45, 2.75) is 45.4 Å². The molecule has 0 aromatic carbocycles. The van der Waals surface area contributed by atoms with Gasteiger partial charge in [0.15, 0.2) is 5.96 Å². The Morgan fingerprint density at radius 2 is 2.11 bits per heavy atom. The number of carbonyl (C=O) groups excluding carboxylic acids is 1. The van der Waals surface area contributed by atoms with Gasteiger partial charge in [-0.05, 0) is 53.9 Å². The van der Waals surface area contributed by atoms with Crippen LogP contribution in [0.3, 0.4) is 0 Å². The average molecular weight is 507 g/mol. The van der Waals surface area contributed by atoms with Gasteiger partial charge < -0.3 is 24.7 Å². The molecule has 2 N–H and O–H groups in total. The molecule has 28 heavy (non-hydrogen) atoms. The highest BCUT2D eigenvalue weighted by Gasteiger charge is 2.34. The number of rotatable bonds is 6. The zero-order valence-corrected chi connectivity index (χ0v) is 20.0. The van der Waals surface area contributed by atoms with Crippen molar-refractivity contribution in [1.29, 1.82) is 0 Å². The first kappa shape index (κ1) is 24.5. The standard InChI is InChI=1S/C19H33N5O3.HI/c1-7-20-17(21-11-15(23(5)6)16-9-8-10-26-16)22-14-12-24(13-14)18(25)27-19(2,3)4;/h8-10,14-15H,7,11-13H2,1-6H3,(H2,20,21,22);1H. The lowest BCUT2D eigenvalue weighted by Crippen LogP contribution is -2.63. The number of guanidine groups is 1. The molecule has 0 saturated carbocycles. The topological polar surface area (TPSA) is 82.3 Å². The van der Waals surface area contributed by atoms with Crippen LogP contribution in [0.1, 0.15) is 39.5 Å². The molecule has 160 valence electrons. The van der Waals surface area contributed by atoms with E-state index >= 15 is 0 Å². The van der Waals surface area contributed by atoms with Crippen molar-refractivity contribution in [2.75, 3.05) is 40.3 Å². The summed E-state index contributed by atoms with van der Waals surface area (Å²) in [5.41, 5.74) is -0.473. The average Bonchev–Trinajstić information content (AvgIpc) is 3.02. The van der Waals surface area contributed by atoms with E-state index in [1.807, 2.05) is 53.9 Å². The molecule has 1 aromatic heterocycles. The van der Waals surface area contributed by atoms with E-state index in [9.17, 15) is 4.79 Å². The fourth-order valence-electron chi connectivity index (χ4n) is 2.73. The largest absolute Gasteiger partial charge is 0.468 e. The smallest absolute Gasteiger partial charge is 0.410 e. The number of amides is 1. The molecule has 0 radical (unpaired) electrons. The first-order valence-electron chi connectivity index (χ1n) is 9.42. The fraction of sp³-hybridized carbons (Fsp3) is 0.684. The minimum absolute atomic E-state index is 0. The molecule has 1 unspecified atom stereocenters. The Labute approximate surface area is 185 Å². The quantitative estimate of drug-likeness (QED) is 0.350. The third kappa shape index (κ3) is 7.50. The number of likely N-dealkylation sites (N-methyl/N-ethyl adjacent to an activating group) is 1. The molecule has 0 bridgehead atoms. The van der Waals surface area contributed by atoms with Crippen LogP contribution in [0.5, 0.6) is 0 Å². The third-order valence-corrected chi connectivity index (χ3v) is 4.14. The van der Waals surface area contributed by atoms with Gasteiger partial charge in [-0.2, -0.15) is 0 Å². The normalized spacial score (nSPS) is 16.2. The number of nitrogens with zero attached hydrogens (tertiary/aromatic N) is 3. The van der Waals surface area contributed by atoms with Gasteiger partial charge in [0, 0.05) is 19.6 Å². The van der Waals surface area contributed by atoms with Crippen LogP contribution in [0.4, 0.5) is 4.79 Å². The van der Waals surface area contributed by atoms with Crippen LogP contribution in [0.2, 0.25) is 0 Å². The van der Waals surface area contributed by atoms with Gasteiger partial charge in [-0.1, -0.05) is 0 Å². The Hall–Kier alpha value is -1.49. The van der Waals surface area contributed by atoms with Gasteiger partial charge in [-0.25, -0.2) is 4.79 Å². The lowest BCUT2D eigenvalue weighted by atomic mass is 10.1. The molecule has 2 heterocycles. The number of carbonyl (C=O) groups is 1. The Balaban J connectivity index is 0.00000392. The molecule has 0 aliphatic carbocycles. The van der Waals surface area contributed by atoms with Gasteiger partial charge in [-0.15, -0.1) is 24.0 Å². The first-order valence-corrected chi connectivity index (χ1v) is 9.42. The van der Waals surface area contributed by atoms with E-state index in [2.05, 4.69) is 15.5 Å². The van der Waals surface area contributed by atoms with E-state index in [4.69, 9.17) is 14.1 Å². The van der Waals surface area contributed by atoms with Gasteiger partial charge >= 0.3 is 6.09 Å². The van der Waals surface area contributed by atoms with Gasteiger partial charge in [0.05, 0.1) is 24.9 Å². The molecular weight excluding hydrogens is 473 g/mol. The fourth-order valence-corrected chi connectivity index (χ4v) is 2.73. The SMILES string of the molecule is CCNC(=NCC(c1ccco1)N(C)C)NC1CN(C(=O)OC(C)(C)C)C1.I. The van der Waals surface area contributed by atoms with E-state index in [0.717, 1.165) is 18.3 Å². The van der Waals surface area contributed by atoms with Gasteiger partial charge in [-0.3, -0.25) is 9.89 Å². The molecule has 2 rings (SSSR count). The lowest BCUT2D eigenvalue weighted by Gasteiger charge is -2.40. The molecule has 1 aliphatic rings. The number of halogens is 1. The maximum atomic E-state index is 12.0. The molecule has 1 fully saturated rings. The van der Waals surface area contributed by atoms with Crippen molar-refractivity contribution in [3.8, 4) is 0 Å². The molecule has 1 aromatic rings. The predicted octanol–water partition coefficient (Wildman–Crippen LogP) is 2.67. The summed E-state index contributed by atoms with van der Waals surface area (Å²) in [4.78, 5) is 20.5. The zero-order valence-electron chi connectivity index (χ0n) is 17.7. The van der Waals surface area contributed by atoms with Crippen molar-refractivity contribution in [2.24, 2.45) is 4.99 Å². The zero-order chi connectivity index (χ0) is 20.0. The molecule has 1 saturated heterocycles. The highest BCUT2D eigenvalue weighted by molar-refractivity contribution is 14.0. The summed E-state index contributed by atoms with van der Waals surface area (Å²) in [5.74, 6) is 1.63. The summed E-state index contributed by atoms with van der Waals surface area (Å²) >= 11 is 0. The monoisotopic (exact) mass is 507 g/mol. The second-order valence-corrected chi connectivity index (χ2v) is 7.94. The minimum Gasteiger partial charge on any atom is -0.468 e. The molecule has 1 atom stereocenters. The van der Waals surface area contributed by atoms with E-state index in [1.54, 1.807) is 11.2 Å². The van der Waals surface area contributed by atoms with Crippen LogP contribution < -0.4 is 10.6 Å². The van der Waals surface area contributed by atoms with Crippen LogP contribution in [0.15, 0.2) is 27.8 Å². The van der Waals surface area contributed by atoms with Crippen molar-refractivity contribution in [3.05, 3.63) is 24.2 Å². The maximum Gasteiger partial charge on any atom is 0.410 e. The van der Waals surface area contributed by atoms with Crippen molar-refractivity contribution in [1.82, 2.24) is 20.4 Å². The van der Waals surface area contributed by atoms with Crippen molar-refractivity contribution in [3.63, 3.8) is 0 Å². The van der Waals surface area contributed by atoms with Crippen LogP contribution in [-0.4, -0.2) is 73.8 Å². The van der Waals surface area contributed by atoms with Crippen molar-refractivity contribution >= 4 is 36.0 Å². The molecule has 1 aliphatic heterocycles. The maximum absolute atomic E-state index is 12.0. The summed E-state index contributed by atoms with van der Waals surface area (Å²) in [6.07, 6.45) is 1.41. The van der Waals surface area contributed by atoms with Gasteiger partial charge in [0.2, 0.25) is 0 Å². The first-order chi connectivity index (χ1) is 12.7. The Kier molecular flexibility index (Phi) is 9.55. The molecule has 8 nitrogen and oxygen atoms in total. The van der Waals surface area contributed by atoms with Crippen LogP contribution in [0.25, 0.3) is 0 Å².